The largest absolute Gasteiger partial charge is 0.543 e. The van der Waals surface area contributed by atoms with Gasteiger partial charge < -0.3 is 20.1 Å². The summed E-state index contributed by atoms with van der Waals surface area (Å²) in [5.41, 5.74) is 1.23. The molecule has 6 nitrogen and oxygen atoms in total. The smallest absolute Gasteiger partial charge is 0.279 e. The summed E-state index contributed by atoms with van der Waals surface area (Å²) in [6, 6.07) is 7.22. The third-order valence-electron chi connectivity index (χ3n) is 3.56. The van der Waals surface area contributed by atoms with E-state index in [2.05, 4.69) is 10.3 Å². The van der Waals surface area contributed by atoms with E-state index in [4.69, 9.17) is 0 Å². The molecule has 0 spiro atoms. The number of aromatic nitrogens is 1. The number of amides is 1. The van der Waals surface area contributed by atoms with Crippen molar-refractivity contribution < 1.29 is 19.6 Å². The van der Waals surface area contributed by atoms with Crippen molar-refractivity contribution in [3.05, 3.63) is 35.3 Å². The Labute approximate surface area is 138 Å². The molecule has 0 saturated heterocycles. The van der Waals surface area contributed by atoms with Crippen molar-refractivity contribution in [2.75, 3.05) is 25.0 Å². The summed E-state index contributed by atoms with van der Waals surface area (Å²) in [4.78, 5) is 28.3. The molecule has 7 heteroatoms. The van der Waals surface area contributed by atoms with Gasteiger partial charge in [0, 0.05) is 10.9 Å². The van der Waals surface area contributed by atoms with Crippen molar-refractivity contribution in [1.29, 1.82) is 0 Å². The molecule has 0 atom stereocenters. The van der Waals surface area contributed by atoms with Crippen LogP contribution < -0.4 is 15.3 Å². The second-order valence-corrected chi connectivity index (χ2v) is 5.91. The van der Waals surface area contributed by atoms with E-state index in [0.29, 0.717) is 22.8 Å². The molecule has 0 fully saturated rings. The number of carbonyl (C=O) groups excluding carboxylic acids is 2. The predicted molar refractivity (Wildman–Crippen MR) is 87.4 cm³/mol. The number of hydrogen-bond acceptors (Lipinski definition) is 5. The highest BCUT2D eigenvalue weighted by molar-refractivity contribution is 7.13. The second-order valence-electron chi connectivity index (χ2n) is 5.05. The zero-order valence-corrected chi connectivity index (χ0v) is 13.9. The molecule has 0 unspecified atom stereocenters. The van der Waals surface area contributed by atoms with Gasteiger partial charge in [0.1, 0.15) is 5.01 Å². The minimum absolute atomic E-state index is 0.0761. The van der Waals surface area contributed by atoms with E-state index in [0.717, 1.165) is 13.1 Å². The van der Waals surface area contributed by atoms with Crippen molar-refractivity contribution in [3.8, 4) is 10.6 Å². The normalized spacial score (nSPS) is 10.7. The van der Waals surface area contributed by atoms with E-state index in [-0.39, 0.29) is 11.6 Å². The molecule has 1 aromatic carbocycles. The minimum Gasteiger partial charge on any atom is -0.543 e. The number of thiazole rings is 1. The summed E-state index contributed by atoms with van der Waals surface area (Å²) in [6.45, 7) is 6.23. The summed E-state index contributed by atoms with van der Waals surface area (Å²) < 4.78 is 0. The van der Waals surface area contributed by atoms with E-state index in [1.807, 2.05) is 26.0 Å². The van der Waals surface area contributed by atoms with Gasteiger partial charge in [-0.3, -0.25) is 4.79 Å². The predicted octanol–water partition coefficient (Wildman–Crippen LogP) is 0.0368. The molecule has 0 aliphatic rings. The molecule has 2 rings (SSSR count). The highest BCUT2D eigenvalue weighted by Gasteiger charge is 2.14. The number of nitrogens with zero attached hydrogens (tertiary/aromatic N) is 1. The third-order valence-corrected chi connectivity index (χ3v) is 4.43. The average molecular weight is 333 g/mol. The maximum absolute atomic E-state index is 12.2. The number of carboxylic acids is 1. The van der Waals surface area contributed by atoms with Crippen LogP contribution >= 0.6 is 11.3 Å². The van der Waals surface area contributed by atoms with Crippen LogP contribution in [0.1, 0.15) is 24.3 Å². The van der Waals surface area contributed by atoms with Gasteiger partial charge >= 0.3 is 0 Å². The lowest BCUT2D eigenvalue weighted by molar-refractivity contribution is -0.888. The Morgan fingerprint density at radius 1 is 1.26 bits per heavy atom. The maximum Gasteiger partial charge on any atom is 0.279 e. The first-order chi connectivity index (χ1) is 11.0. The number of likely N-dealkylation sites (N-methyl/N-ethyl adjacent to an activating group) is 1. The number of benzene rings is 1. The number of carbonyl (C=O) groups is 2. The standard InChI is InChI=1S/C16H19N3O3S/c1-3-19(4-2)9-14(20)17-12-8-6-5-7-11(12)15-18-13(10-23-15)16(21)22/h5-8,10H,3-4,9H2,1-2H3,(H,17,20)(H,21,22). The Balaban J connectivity index is 2.20. The number of carboxylic acid groups (broad SMARTS) is 1. The highest BCUT2D eigenvalue weighted by Crippen LogP contribution is 2.30. The van der Waals surface area contributed by atoms with E-state index in [1.54, 1.807) is 12.1 Å². The SMILES string of the molecule is CC[NH+](CC)CC(=O)Nc1ccccc1-c1nc(C(=O)[O-])cs1. The van der Waals surface area contributed by atoms with Gasteiger partial charge in [0.2, 0.25) is 0 Å². The summed E-state index contributed by atoms with van der Waals surface area (Å²) in [5.74, 6) is -1.38. The Morgan fingerprint density at radius 3 is 2.57 bits per heavy atom. The van der Waals surface area contributed by atoms with Gasteiger partial charge in [0.05, 0.1) is 30.4 Å². The minimum atomic E-state index is -1.31. The number of aromatic carboxylic acids is 1. The molecular weight excluding hydrogens is 314 g/mol. The van der Waals surface area contributed by atoms with Gasteiger partial charge in [0.25, 0.3) is 5.91 Å². The molecule has 1 aromatic heterocycles. The topological polar surface area (TPSA) is 86.6 Å². The lowest BCUT2D eigenvalue weighted by Gasteiger charge is -2.15. The van der Waals surface area contributed by atoms with Crippen molar-refractivity contribution >= 4 is 28.9 Å². The van der Waals surface area contributed by atoms with Crippen LogP contribution in [0.5, 0.6) is 0 Å². The van der Waals surface area contributed by atoms with E-state index >= 15 is 0 Å². The monoisotopic (exact) mass is 333 g/mol. The maximum atomic E-state index is 12.2. The van der Waals surface area contributed by atoms with Crippen molar-refractivity contribution in [2.24, 2.45) is 0 Å². The van der Waals surface area contributed by atoms with Crippen LogP contribution in [0.15, 0.2) is 29.6 Å². The zero-order valence-electron chi connectivity index (χ0n) is 13.1. The fraction of sp³-hybridized carbons (Fsp3) is 0.312. The fourth-order valence-electron chi connectivity index (χ4n) is 2.19. The van der Waals surface area contributed by atoms with Crippen molar-refractivity contribution in [1.82, 2.24) is 4.98 Å². The molecule has 0 bridgehead atoms. The van der Waals surface area contributed by atoms with Crippen LogP contribution in [0.25, 0.3) is 10.6 Å². The number of hydrogen-bond donors (Lipinski definition) is 2. The first-order valence-electron chi connectivity index (χ1n) is 7.44. The summed E-state index contributed by atoms with van der Waals surface area (Å²) >= 11 is 1.21. The number of anilines is 1. The van der Waals surface area contributed by atoms with Crippen LogP contribution in [-0.2, 0) is 4.79 Å². The molecule has 0 aliphatic heterocycles. The average Bonchev–Trinajstić information content (AvgIpc) is 3.03. The van der Waals surface area contributed by atoms with Crippen molar-refractivity contribution in [2.45, 2.75) is 13.8 Å². The quantitative estimate of drug-likeness (QED) is 0.749. The summed E-state index contributed by atoms with van der Waals surface area (Å²) in [6.07, 6.45) is 0. The number of nitrogens with one attached hydrogen (secondary N) is 2. The summed E-state index contributed by atoms with van der Waals surface area (Å²) in [5, 5.41) is 15.7. The number of rotatable bonds is 7. The molecule has 1 amide bonds. The van der Waals surface area contributed by atoms with Gasteiger partial charge in [0.15, 0.2) is 6.54 Å². The Morgan fingerprint density at radius 2 is 1.96 bits per heavy atom. The number of quaternary nitrogens is 1. The van der Waals surface area contributed by atoms with E-state index < -0.39 is 5.97 Å². The van der Waals surface area contributed by atoms with Gasteiger partial charge in [-0.25, -0.2) is 4.98 Å². The van der Waals surface area contributed by atoms with Gasteiger partial charge in [-0.15, -0.1) is 11.3 Å². The lowest BCUT2D eigenvalue weighted by Crippen LogP contribution is -3.12. The summed E-state index contributed by atoms with van der Waals surface area (Å²) in [7, 11) is 0. The van der Waals surface area contributed by atoms with Crippen LogP contribution in [0.4, 0.5) is 5.69 Å². The first-order valence-corrected chi connectivity index (χ1v) is 8.32. The molecule has 0 aliphatic carbocycles. The zero-order chi connectivity index (χ0) is 16.8. The van der Waals surface area contributed by atoms with Crippen LogP contribution in [0, 0.1) is 0 Å². The lowest BCUT2D eigenvalue weighted by atomic mass is 10.2. The van der Waals surface area contributed by atoms with Crippen LogP contribution in [-0.4, -0.2) is 36.5 Å². The molecular formula is C16H19N3O3S. The highest BCUT2D eigenvalue weighted by atomic mass is 32.1. The van der Waals surface area contributed by atoms with Crippen molar-refractivity contribution in [3.63, 3.8) is 0 Å². The van der Waals surface area contributed by atoms with Crippen LogP contribution in [0.2, 0.25) is 0 Å². The van der Waals surface area contributed by atoms with E-state index in [1.165, 1.54) is 21.6 Å². The Bertz CT molecular complexity index is 695. The molecule has 0 saturated carbocycles. The molecule has 23 heavy (non-hydrogen) atoms. The molecule has 0 radical (unpaired) electrons. The van der Waals surface area contributed by atoms with Gasteiger partial charge in [-0.1, -0.05) is 12.1 Å². The van der Waals surface area contributed by atoms with Crippen LogP contribution in [0.3, 0.4) is 0 Å². The molecule has 122 valence electrons. The fourth-order valence-corrected chi connectivity index (χ4v) is 3.02. The van der Waals surface area contributed by atoms with Gasteiger partial charge in [-0.2, -0.15) is 0 Å². The number of para-hydroxylation sites is 1. The van der Waals surface area contributed by atoms with E-state index in [9.17, 15) is 14.7 Å². The Kier molecular flexibility index (Phi) is 5.84. The second kappa shape index (κ2) is 7.85. The molecule has 2 aromatic rings. The molecule has 1 heterocycles. The Hall–Kier alpha value is -2.25. The molecule has 2 N–H and O–H groups in total. The van der Waals surface area contributed by atoms with Gasteiger partial charge in [-0.05, 0) is 26.0 Å². The first kappa shape index (κ1) is 17.1. The third kappa shape index (κ3) is 4.37.